The average Bonchev–Trinajstić information content (AvgIpc) is 2.36. The lowest BCUT2D eigenvalue weighted by Gasteiger charge is -2.19. The molecule has 0 unspecified atom stereocenters. The lowest BCUT2D eigenvalue weighted by Crippen LogP contribution is -2.28. The molecule has 2 aromatic carbocycles. The summed E-state index contributed by atoms with van der Waals surface area (Å²) >= 11 is 0. The Morgan fingerprint density at radius 2 is 1.89 bits per heavy atom. The molecule has 0 aromatic heterocycles. The maximum absolute atomic E-state index is 12.8. The zero-order chi connectivity index (χ0) is 14.0. The summed E-state index contributed by atoms with van der Waals surface area (Å²) < 4.78 is 43.7. The average molecular weight is 269 g/mol. The molecule has 2 nitrogen and oxygen atoms in total. The van der Waals surface area contributed by atoms with E-state index >= 15 is 0 Å². The van der Waals surface area contributed by atoms with E-state index in [1.54, 1.807) is 37.3 Å². The van der Waals surface area contributed by atoms with E-state index in [1.807, 2.05) is 0 Å². The SMILES string of the molecule is CCOc1cc([C@H](N)C(F)(F)F)c2ccccc2c1. The summed E-state index contributed by atoms with van der Waals surface area (Å²) in [7, 11) is 0. The van der Waals surface area contributed by atoms with Crippen LogP contribution in [0.15, 0.2) is 36.4 Å². The predicted molar refractivity (Wildman–Crippen MR) is 68.1 cm³/mol. The molecule has 0 spiro atoms. The van der Waals surface area contributed by atoms with Crippen LogP contribution in [-0.4, -0.2) is 12.8 Å². The van der Waals surface area contributed by atoms with Crippen molar-refractivity contribution < 1.29 is 17.9 Å². The number of halogens is 3. The first kappa shape index (κ1) is 13.7. The molecule has 0 aliphatic carbocycles. The van der Waals surface area contributed by atoms with Crippen LogP contribution < -0.4 is 10.5 Å². The lowest BCUT2D eigenvalue weighted by molar-refractivity contribution is -0.148. The molecule has 0 saturated carbocycles. The topological polar surface area (TPSA) is 35.2 Å². The zero-order valence-electron chi connectivity index (χ0n) is 10.4. The quantitative estimate of drug-likeness (QED) is 0.919. The number of hydrogen-bond donors (Lipinski definition) is 1. The van der Waals surface area contributed by atoms with Crippen molar-refractivity contribution in [1.82, 2.24) is 0 Å². The Morgan fingerprint density at radius 3 is 2.53 bits per heavy atom. The standard InChI is InChI=1S/C14H14F3NO/c1-2-19-10-7-9-5-3-4-6-11(9)12(8-10)13(18)14(15,16)17/h3-8,13H,2,18H2,1H3/t13-/m0/s1. The van der Waals surface area contributed by atoms with Gasteiger partial charge in [-0.15, -0.1) is 0 Å². The van der Waals surface area contributed by atoms with Crippen LogP contribution >= 0.6 is 0 Å². The minimum atomic E-state index is -4.48. The van der Waals surface area contributed by atoms with Gasteiger partial charge >= 0.3 is 6.18 Å². The van der Waals surface area contributed by atoms with E-state index in [0.717, 1.165) is 0 Å². The van der Waals surface area contributed by atoms with Gasteiger partial charge in [0.15, 0.2) is 0 Å². The summed E-state index contributed by atoms with van der Waals surface area (Å²) in [6.45, 7) is 2.16. The molecular formula is C14H14F3NO. The first-order chi connectivity index (χ1) is 8.93. The lowest BCUT2D eigenvalue weighted by atomic mass is 9.98. The van der Waals surface area contributed by atoms with Gasteiger partial charge in [-0.1, -0.05) is 24.3 Å². The summed E-state index contributed by atoms with van der Waals surface area (Å²) in [5.41, 5.74) is 5.36. The molecule has 2 aromatic rings. The van der Waals surface area contributed by atoms with Crippen LogP contribution in [0.25, 0.3) is 10.8 Å². The minimum absolute atomic E-state index is 0.0362. The summed E-state index contributed by atoms with van der Waals surface area (Å²) in [5, 5.41) is 1.18. The molecular weight excluding hydrogens is 255 g/mol. The number of rotatable bonds is 3. The fourth-order valence-electron chi connectivity index (χ4n) is 2.00. The molecule has 5 heteroatoms. The first-order valence-corrected chi connectivity index (χ1v) is 5.91. The van der Waals surface area contributed by atoms with Gasteiger partial charge in [-0.3, -0.25) is 0 Å². The van der Waals surface area contributed by atoms with Gasteiger partial charge in [0, 0.05) is 0 Å². The van der Waals surface area contributed by atoms with Crippen molar-refractivity contribution in [2.45, 2.75) is 19.1 Å². The van der Waals surface area contributed by atoms with E-state index in [2.05, 4.69) is 0 Å². The molecule has 0 heterocycles. The van der Waals surface area contributed by atoms with Crippen LogP contribution in [0.5, 0.6) is 5.75 Å². The fourth-order valence-corrected chi connectivity index (χ4v) is 2.00. The van der Waals surface area contributed by atoms with Gasteiger partial charge in [0.1, 0.15) is 11.8 Å². The van der Waals surface area contributed by atoms with Gasteiger partial charge in [0.25, 0.3) is 0 Å². The van der Waals surface area contributed by atoms with Crippen LogP contribution in [0.4, 0.5) is 13.2 Å². The van der Waals surface area contributed by atoms with Crippen LogP contribution in [0.2, 0.25) is 0 Å². The van der Waals surface area contributed by atoms with Crippen LogP contribution in [-0.2, 0) is 0 Å². The highest BCUT2D eigenvalue weighted by atomic mass is 19.4. The second-order valence-corrected chi connectivity index (χ2v) is 4.19. The third-order valence-corrected chi connectivity index (χ3v) is 2.87. The van der Waals surface area contributed by atoms with Crippen molar-refractivity contribution in [1.29, 1.82) is 0 Å². The Labute approximate surface area is 109 Å². The van der Waals surface area contributed by atoms with Crippen molar-refractivity contribution in [3.63, 3.8) is 0 Å². The molecule has 0 radical (unpaired) electrons. The number of alkyl halides is 3. The predicted octanol–water partition coefficient (Wildman–Crippen LogP) is 3.80. The Balaban J connectivity index is 2.62. The monoisotopic (exact) mass is 269 g/mol. The summed E-state index contributed by atoms with van der Waals surface area (Å²) in [6, 6.07) is 7.89. The highest BCUT2D eigenvalue weighted by Gasteiger charge is 2.38. The molecule has 0 aliphatic rings. The second-order valence-electron chi connectivity index (χ2n) is 4.19. The molecule has 0 fully saturated rings. The molecule has 0 saturated heterocycles. The van der Waals surface area contributed by atoms with Gasteiger partial charge in [-0.25, -0.2) is 0 Å². The van der Waals surface area contributed by atoms with Crippen molar-refractivity contribution in [2.75, 3.05) is 6.61 Å². The maximum Gasteiger partial charge on any atom is 0.407 e. The zero-order valence-corrected chi connectivity index (χ0v) is 10.4. The van der Waals surface area contributed by atoms with Gasteiger partial charge in [-0.05, 0) is 35.4 Å². The van der Waals surface area contributed by atoms with Crippen LogP contribution in [0.1, 0.15) is 18.5 Å². The van der Waals surface area contributed by atoms with Gasteiger partial charge < -0.3 is 10.5 Å². The second kappa shape index (κ2) is 5.09. The molecule has 2 N–H and O–H groups in total. The number of fused-ring (bicyclic) bond motifs is 1. The number of ether oxygens (including phenoxy) is 1. The first-order valence-electron chi connectivity index (χ1n) is 5.91. The minimum Gasteiger partial charge on any atom is -0.494 e. The third-order valence-electron chi connectivity index (χ3n) is 2.87. The summed E-state index contributed by atoms with van der Waals surface area (Å²) in [5.74, 6) is 0.399. The Morgan fingerprint density at radius 1 is 1.21 bits per heavy atom. The molecule has 19 heavy (non-hydrogen) atoms. The van der Waals surface area contributed by atoms with E-state index in [0.29, 0.717) is 23.1 Å². The molecule has 0 bridgehead atoms. The van der Waals surface area contributed by atoms with E-state index in [9.17, 15) is 13.2 Å². The van der Waals surface area contributed by atoms with Crippen molar-refractivity contribution in [2.24, 2.45) is 5.73 Å². The Hall–Kier alpha value is -1.75. The van der Waals surface area contributed by atoms with Crippen molar-refractivity contribution in [3.05, 3.63) is 42.0 Å². The van der Waals surface area contributed by atoms with Crippen LogP contribution in [0.3, 0.4) is 0 Å². The van der Waals surface area contributed by atoms with Crippen LogP contribution in [0, 0.1) is 0 Å². The Bertz CT molecular complexity index is 580. The number of benzene rings is 2. The van der Waals surface area contributed by atoms with Gasteiger partial charge in [0.05, 0.1) is 6.61 Å². The van der Waals surface area contributed by atoms with E-state index < -0.39 is 12.2 Å². The maximum atomic E-state index is 12.8. The molecule has 102 valence electrons. The molecule has 0 amide bonds. The molecule has 1 atom stereocenters. The summed E-state index contributed by atoms with van der Waals surface area (Å²) in [6.07, 6.45) is -4.48. The van der Waals surface area contributed by atoms with Crippen molar-refractivity contribution in [3.8, 4) is 5.75 Å². The van der Waals surface area contributed by atoms with Gasteiger partial charge in [0.2, 0.25) is 0 Å². The highest BCUT2D eigenvalue weighted by molar-refractivity contribution is 5.87. The normalized spacial score (nSPS) is 13.5. The molecule has 0 aliphatic heterocycles. The highest BCUT2D eigenvalue weighted by Crippen LogP contribution is 2.36. The number of nitrogens with two attached hydrogens (primary N) is 1. The van der Waals surface area contributed by atoms with Gasteiger partial charge in [-0.2, -0.15) is 13.2 Å². The van der Waals surface area contributed by atoms with E-state index in [1.165, 1.54) is 6.07 Å². The Kier molecular flexibility index (Phi) is 3.66. The fraction of sp³-hybridized carbons (Fsp3) is 0.286. The molecule has 2 rings (SSSR count). The third kappa shape index (κ3) is 2.81. The largest absolute Gasteiger partial charge is 0.494 e. The van der Waals surface area contributed by atoms with E-state index in [4.69, 9.17) is 10.5 Å². The smallest absolute Gasteiger partial charge is 0.407 e. The number of hydrogen-bond acceptors (Lipinski definition) is 2. The summed E-state index contributed by atoms with van der Waals surface area (Å²) in [4.78, 5) is 0. The van der Waals surface area contributed by atoms with Crippen molar-refractivity contribution >= 4 is 10.8 Å². The van der Waals surface area contributed by atoms with E-state index in [-0.39, 0.29) is 5.56 Å².